The molecule has 2 rings (SSSR count). The number of allylic oxidation sites excluding steroid dienone is 1. The number of hydrogen-bond acceptors (Lipinski definition) is 4. The van der Waals surface area contributed by atoms with Crippen LogP contribution in [0.3, 0.4) is 0 Å². The summed E-state index contributed by atoms with van der Waals surface area (Å²) in [7, 11) is -2.58. The Hall–Kier alpha value is -1.41. The van der Waals surface area contributed by atoms with Crippen molar-refractivity contribution in [1.29, 1.82) is 0 Å². The summed E-state index contributed by atoms with van der Waals surface area (Å²) in [5.74, 6) is -0.626. The third kappa shape index (κ3) is 3.67. The Morgan fingerprint density at radius 2 is 2.05 bits per heavy atom. The number of ether oxygens (including phenoxy) is 1. The van der Waals surface area contributed by atoms with Crippen molar-refractivity contribution in [3.8, 4) is 0 Å². The van der Waals surface area contributed by atoms with Crippen LogP contribution in [0.15, 0.2) is 16.2 Å². The molecule has 1 saturated carbocycles. The van der Waals surface area contributed by atoms with Crippen molar-refractivity contribution in [2.45, 2.75) is 32.6 Å². The molecule has 0 aromatic carbocycles. The summed E-state index contributed by atoms with van der Waals surface area (Å²) in [4.78, 5) is 11.4. The number of carboxylic acid groups (broad SMARTS) is 1. The van der Waals surface area contributed by atoms with Gasteiger partial charge >= 0.3 is 16.2 Å². The maximum absolute atomic E-state index is 12.3. The molecule has 22 heavy (non-hydrogen) atoms. The van der Waals surface area contributed by atoms with Gasteiger partial charge in [0.05, 0.1) is 18.9 Å². The number of carboxylic acids is 1. The van der Waals surface area contributed by atoms with Crippen molar-refractivity contribution in [2.24, 2.45) is 16.2 Å². The van der Waals surface area contributed by atoms with Crippen LogP contribution < -0.4 is 0 Å². The molecule has 0 spiro atoms. The molecule has 0 saturated heterocycles. The van der Waals surface area contributed by atoms with E-state index in [0.29, 0.717) is 11.6 Å². The lowest BCUT2D eigenvalue weighted by atomic mass is 9.80. The SMILES string of the molecule is COCCN1C(C(=O)O)=CC(C2CCC(C)CC2)=NS1(=O)=O. The van der Waals surface area contributed by atoms with Crippen molar-refractivity contribution in [3.05, 3.63) is 11.8 Å². The summed E-state index contributed by atoms with van der Waals surface area (Å²) in [5.41, 5.74) is 0.124. The van der Waals surface area contributed by atoms with E-state index in [0.717, 1.165) is 30.0 Å². The second kappa shape index (κ2) is 6.78. The van der Waals surface area contributed by atoms with Gasteiger partial charge in [0.25, 0.3) is 0 Å². The lowest BCUT2D eigenvalue weighted by Gasteiger charge is -2.30. The van der Waals surface area contributed by atoms with Gasteiger partial charge < -0.3 is 9.84 Å². The van der Waals surface area contributed by atoms with E-state index in [4.69, 9.17) is 4.74 Å². The van der Waals surface area contributed by atoms with Crippen LogP contribution in [0.5, 0.6) is 0 Å². The summed E-state index contributed by atoms with van der Waals surface area (Å²) in [6.07, 6.45) is 5.11. The molecule has 7 nitrogen and oxygen atoms in total. The Kier molecular flexibility index (Phi) is 5.23. The zero-order valence-electron chi connectivity index (χ0n) is 12.9. The molecule has 0 aromatic rings. The Labute approximate surface area is 130 Å². The van der Waals surface area contributed by atoms with E-state index in [-0.39, 0.29) is 24.8 Å². The minimum Gasteiger partial charge on any atom is -0.477 e. The molecule has 1 fully saturated rings. The van der Waals surface area contributed by atoms with Crippen molar-refractivity contribution >= 4 is 21.9 Å². The van der Waals surface area contributed by atoms with E-state index < -0.39 is 16.2 Å². The number of rotatable bonds is 5. The van der Waals surface area contributed by atoms with Gasteiger partial charge in [-0.25, -0.2) is 9.10 Å². The molecule has 0 aromatic heterocycles. The molecule has 0 amide bonds. The summed E-state index contributed by atoms with van der Waals surface area (Å²) in [5, 5.41) is 9.33. The second-order valence-corrected chi connectivity index (χ2v) is 7.37. The van der Waals surface area contributed by atoms with Crippen LogP contribution in [-0.4, -0.2) is 49.8 Å². The van der Waals surface area contributed by atoms with Crippen molar-refractivity contribution < 1.29 is 23.1 Å². The van der Waals surface area contributed by atoms with Gasteiger partial charge in [-0.1, -0.05) is 19.8 Å². The number of aliphatic carboxylic acids is 1. The summed E-state index contributed by atoms with van der Waals surface area (Å²) in [6.45, 7) is 2.21. The standard InChI is InChI=1S/C14H22N2O5S/c1-10-3-5-11(6-4-10)12-9-13(14(17)18)16(7-8-21-2)22(19,20)15-12/h9-11H,3-8H2,1-2H3,(H,17,18). The Morgan fingerprint density at radius 1 is 1.41 bits per heavy atom. The normalized spacial score (nSPS) is 28.0. The predicted octanol–water partition coefficient (Wildman–Crippen LogP) is 1.43. The second-order valence-electron chi connectivity index (χ2n) is 5.85. The number of carbonyl (C=O) groups is 1. The fourth-order valence-electron chi connectivity index (χ4n) is 2.87. The summed E-state index contributed by atoms with van der Waals surface area (Å²) < 4.78 is 34.1. The van der Waals surface area contributed by atoms with Gasteiger partial charge in [-0.05, 0) is 24.8 Å². The topological polar surface area (TPSA) is 96.3 Å². The van der Waals surface area contributed by atoms with Crippen LogP contribution >= 0.6 is 0 Å². The molecule has 0 bridgehead atoms. The lowest BCUT2D eigenvalue weighted by molar-refractivity contribution is -0.133. The Morgan fingerprint density at radius 3 is 2.59 bits per heavy atom. The predicted molar refractivity (Wildman–Crippen MR) is 81.8 cm³/mol. The van der Waals surface area contributed by atoms with Crippen molar-refractivity contribution in [3.63, 3.8) is 0 Å². The van der Waals surface area contributed by atoms with Crippen LogP contribution in [0.1, 0.15) is 32.6 Å². The van der Waals surface area contributed by atoms with E-state index in [2.05, 4.69) is 11.3 Å². The average molecular weight is 330 g/mol. The van der Waals surface area contributed by atoms with Gasteiger partial charge in [-0.15, -0.1) is 4.40 Å². The van der Waals surface area contributed by atoms with E-state index in [1.165, 1.54) is 13.2 Å². The van der Waals surface area contributed by atoms with E-state index >= 15 is 0 Å². The average Bonchev–Trinajstić information content (AvgIpc) is 2.45. The maximum atomic E-state index is 12.3. The highest BCUT2D eigenvalue weighted by molar-refractivity contribution is 7.88. The molecule has 0 atom stereocenters. The quantitative estimate of drug-likeness (QED) is 0.822. The van der Waals surface area contributed by atoms with Crippen LogP contribution in [-0.2, 0) is 19.7 Å². The van der Waals surface area contributed by atoms with Crippen molar-refractivity contribution in [2.75, 3.05) is 20.3 Å². The van der Waals surface area contributed by atoms with Gasteiger partial charge in [0, 0.05) is 13.0 Å². The van der Waals surface area contributed by atoms with Crippen LogP contribution in [0.25, 0.3) is 0 Å². The van der Waals surface area contributed by atoms with Gasteiger partial charge in [0.15, 0.2) is 0 Å². The van der Waals surface area contributed by atoms with Crippen LogP contribution in [0.4, 0.5) is 0 Å². The first-order valence-corrected chi connectivity index (χ1v) is 8.81. The molecule has 0 radical (unpaired) electrons. The van der Waals surface area contributed by atoms with Gasteiger partial charge in [-0.3, -0.25) is 0 Å². The Bertz CT molecular complexity index is 588. The third-order valence-corrected chi connectivity index (χ3v) is 5.58. The highest BCUT2D eigenvalue weighted by atomic mass is 32.2. The number of methoxy groups -OCH3 is 1. The minimum absolute atomic E-state index is 0.0184. The van der Waals surface area contributed by atoms with Crippen molar-refractivity contribution in [1.82, 2.24) is 4.31 Å². The highest BCUT2D eigenvalue weighted by Gasteiger charge is 2.35. The molecule has 124 valence electrons. The number of hydrogen-bond donors (Lipinski definition) is 1. The van der Waals surface area contributed by atoms with Gasteiger partial charge in [0.2, 0.25) is 0 Å². The van der Waals surface area contributed by atoms with Crippen LogP contribution in [0.2, 0.25) is 0 Å². The van der Waals surface area contributed by atoms with Gasteiger partial charge in [0.1, 0.15) is 5.70 Å². The first kappa shape index (κ1) is 17.0. The lowest BCUT2D eigenvalue weighted by Crippen LogP contribution is -2.39. The molecule has 0 unspecified atom stereocenters. The minimum atomic E-state index is -4.01. The third-order valence-electron chi connectivity index (χ3n) is 4.20. The Balaban J connectivity index is 2.29. The monoisotopic (exact) mass is 330 g/mol. The highest BCUT2D eigenvalue weighted by Crippen LogP contribution is 2.32. The summed E-state index contributed by atoms with van der Waals surface area (Å²) in [6, 6.07) is 0. The van der Waals surface area contributed by atoms with E-state index in [9.17, 15) is 18.3 Å². The largest absolute Gasteiger partial charge is 0.477 e. The molecule has 1 aliphatic heterocycles. The molecule has 1 heterocycles. The fourth-order valence-corrected chi connectivity index (χ4v) is 4.12. The maximum Gasteiger partial charge on any atom is 0.353 e. The fraction of sp³-hybridized carbons (Fsp3) is 0.714. The van der Waals surface area contributed by atoms with E-state index in [1.807, 2.05) is 0 Å². The first-order valence-electron chi connectivity index (χ1n) is 7.41. The zero-order valence-corrected chi connectivity index (χ0v) is 13.7. The molecule has 2 aliphatic rings. The molecular formula is C14H22N2O5S. The molecule has 1 aliphatic carbocycles. The number of nitrogens with zero attached hydrogens (tertiary/aromatic N) is 2. The molecule has 8 heteroatoms. The zero-order chi connectivity index (χ0) is 16.3. The smallest absolute Gasteiger partial charge is 0.353 e. The molecule has 1 N–H and O–H groups in total. The van der Waals surface area contributed by atoms with Crippen LogP contribution in [0, 0.1) is 11.8 Å². The van der Waals surface area contributed by atoms with Gasteiger partial charge in [-0.2, -0.15) is 8.42 Å². The molecular weight excluding hydrogens is 308 g/mol. The summed E-state index contributed by atoms with van der Waals surface area (Å²) >= 11 is 0. The first-order chi connectivity index (χ1) is 10.3. The van der Waals surface area contributed by atoms with E-state index in [1.54, 1.807) is 0 Å².